The van der Waals surface area contributed by atoms with E-state index in [1.165, 1.54) is 0 Å². The van der Waals surface area contributed by atoms with E-state index < -0.39 is 0 Å². The van der Waals surface area contributed by atoms with Crippen LogP contribution in [-0.4, -0.2) is 24.1 Å². The highest BCUT2D eigenvalue weighted by molar-refractivity contribution is 6.30. The average molecular weight is 250 g/mol. The summed E-state index contributed by atoms with van der Waals surface area (Å²) >= 11 is 5.98. The lowest BCUT2D eigenvalue weighted by atomic mass is 10.1. The Morgan fingerprint density at radius 1 is 1.29 bits per heavy atom. The molecular weight excluding hydrogens is 238 g/mol. The Morgan fingerprint density at radius 2 is 2.12 bits per heavy atom. The minimum absolute atomic E-state index is 0.560. The van der Waals surface area contributed by atoms with Crippen molar-refractivity contribution in [3.63, 3.8) is 0 Å². The number of rotatable bonds is 3. The van der Waals surface area contributed by atoms with E-state index in [-0.39, 0.29) is 0 Å². The van der Waals surface area contributed by atoms with Crippen LogP contribution in [-0.2, 0) is 0 Å². The number of benzene rings is 1. The van der Waals surface area contributed by atoms with Gasteiger partial charge in [-0.3, -0.25) is 0 Å². The second-order valence-electron chi connectivity index (χ2n) is 3.36. The third kappa shape index (κ3) is 2.47. The van der Waals surface area contributed by atoms with Gasteiger partial charge in [0.15, 0.2) is 0 Å². The zero-order chi connectivity index (χ0) is 12.3. The van der Waals surface area contributed by atoms with Crippen molar-refractivity contribution in [2.24, 2.45) is 0 Å². The van der Waals surface area contributed by atoms with E-state index in [1.54, 1.807) is 26.4 Å². The maximum atomic E-state index is 5.98. The van der Waals surface area contributed by atoms with E-state index in [0.717, 1.165) is 17.0 Å². The molecule has 2 rings (SSSR count). The van der Waals surface area contributed by atoms with Gasteiger partial charge in [-0.15, -0.1) is 0 Å². The molecule has 0 aliphatic heterocycles. The van der Waals surface area contributed by atoms with Gasteiger partial charge >= 0.3 is 0 Å². The van der Waals surface area contributed by atoms with Crippen molar-refractivity contribution in [3.8, 4) is 17.0 Å². The number of halogens is 1. The van der Waals surface area contributed by atoms with Crippen LogP contribution in [0.25, 0.3) is 11.3 Å². The Bertz CT molecular complexity index is 531. The second-order valence-corrected chi connectivity index (χ2v) is 3.80. The molecule has 0 aliphatic carbocycles. The summed E-state index contributed by atoms with van der Waals surface area (Å²) in [4.78, 5) is 8.42. The van der Waals surface area contributed by atoms with E-state index in [1.807, 2.05) is 18.2 Å². The highest BCUT2D eigenvalue weighted by Crippen LogP contribution is 2.31. The van der Waals surface area contributed by atoms with Crippen molar-refractivity contribution in [1.29, 1.82) is 0 Å². The Morgan fingerprint density at radius 3 is 2.82 bits per heavy atom. The third-order valence-electron chi connectivity index (χ3n) is 2.32. The fourth-order valence-corrected chi connectivity index (χ4v) is 1.68. The summed E-state index contributed by atoms with van der Waals surface area (Å²) in [6, 6.07) is 7.24. The van der Waals surface area contributed by atoms with Crippen LogP contribution in [0.5, 0.6) is 5.75 Å². The molecular formula is C12H12ClN3O. The summed E-state index contributed by atoms with van der Waals surface area (Å²) in [6.45, 7) is 0. The van der Waals surface area contributed by atoms with Gasteiger partial charge in [0.25, 0.3) is 0 Å². The SMILES string of the molecule is CNc1nccc(-c2cc(Cl)ccc2OC)n1. The van der Waals surface area contributed by atoms with E-state index in [0.29, 0.717) is 11.0 Å². The van der Waals surface area contributed by atoms with Crippen LogP contribution < -0.4 is 10.1 Å². The minimum atomic E-state index is 0.560. The molecule has 0 saturated carbocycles. The van der Waals surface area contributed by atoms with Crippen LogP contribution in [0, 0.1) is 0 Å². The minimum Gasteiger partial charge on any atom is -0.496 e. The van der Waals surface area contributed by atoms with Crippen LogP contribution in [0.1, 0.15) is 0 Å². The molecule has 0 saturated heterocycles. The van der Waals surface area contributed by atoms with Gasteiger partial charge < -0.3 is 10.1 Å². The molecule has 0 spiro atoms. The summed E-state index contributed by atoms with van der Waals surface area (Å²) in [5, 5.41) is 3.54. The molecule has 1 N–H and O–H groups in total. The van der Waals surface area contributed by atoms with Gasteiger partial charge in [-0.1, -0.05) is 11.6 Å². The summed E-state index contributed by atoms with van der Waals surface area (Å²) in [7, 11) is 3.39. The molecule has 0 bridgehead atoms. The molecule has 0 aliphatic rings. The van der Waals surface area contributed by atoms with Gasteiger partial charge in [-0.25, -0.2) is 9.97 Å². The van der Waals surface area contributed by atoms with Crippen LogP contribution >= 0.6 is 11.6 Å². The van der Waals surface area contributed by atoms with Crippen LogP contribution in [0.4, 0.5) is 5.95 Å². The van der Waals surface area contributed by atoms with Gasteiger partial charge in [0.2, 0.25) is 5.95 Å². The number of nitrogens with one attached hydrogen (secondary N) is 1. The largest absolute Gasteiger partial charge is 0.496 e. The molecule has 2 aromatic rings. The molecule has 88 valence electrons. The lowest BCUT2D eigenvalue weighted by Crippen LogP contribution is -1.97. The first-order valence-electron chi connectivity index (χ1n) is 5.09. The predicted molar refractivity (Wildman–Crippen MR) is 68.6 cm³/mol. The van der Waals surface area contributed by atoms with Crippen molar-refractivity contribution in [2.75, 3.05) is 19.5 Å². The van der Waals surface area contributed by atoms with Gasteiger partial charge in [-0.05, 0) is 24.3 Å². The normalized spacial score (nSPS) is 10.1. The number of methoxy groups -OCH3 is 1. The molecule has 0 radical (unpaired) electrons. The van der Waals surface area contributed by atoms with Crippen molar-refractivity contribution in [2.45, 2.75) is 0 Å². The highest BCUT2D eigenvalue weighted by Gasteiger charge is 2.08. The quantitative estimate of drug-likeness (QED) is 0.909. The molecule has 0 atom stereocenters. The topological polar surface area (TPSA) is 47.0 Å². The predicted octanol–water partition coefficient (Wildman–Crippen LogP) is 2.85. The van der Waals surface area contributed by atoms with Crippen molar-refractivity contribution >= 4 is 17.5 Å². The molecule has 5 heteroatoms. The Balaban J connectivity index is 2.54. The van der Waals surface area contributed by atoms with Gasteiger partial charge in [0.05, 0.1) is 12.8 Å². The lowest BCUT2D eigenvalue weighted by molar-refractivity contribution is 0.416. The molecule has 17 heavy (non-hydrogen) atoms. The average Bonchev–Trinajstić information content (AvgIpc) is 2.39. The van der Waals surface area contributed by atoms with Crippen LogP contribution in [0.3, 0.4) is 0 Å². The van der Waals surface area contributed by atoms with Crippen LogP contribution in [0.2, 0.25) is 5.02 Å². The first-order chi connectivity index (χ1) is 8.24. The molecule has 1 aromatic carbocycles. The van der Waals surface area contributed by atoms with E-state index in [9.17, 15) is 0 Å². The van der Waals surface area contributed by atoms with Crippen molar-refractivity contribution in [3.05, 3.63) is 35.5 Å². The number of hydrogen-bond acceptors (Lipinski definition) is 4. The lowest BCUT2D eigenvalue weighted by Gasteiger charge is -2.09. The number of hydrogen-bond donors (Lipinski definition) is 1. The summed E-state index contributed by atoms with van der Waals surface area (Å²) in [5.74, 6) is 1.29. The summed E-state index contributed by atoms with van der Waals surface area (Å²) in [6.07, 6.45) is 1.69. The van der Waals surface area contributed by atoms with E-state index in [2.05, 4.69) is 15.3 Å². The third-order valence-corrected chi connectivity index (χ3v) is 2.55. The van der Waals surface area contributed by atoms with Crippen LogP contribution in [0.15, 0.2) is 30.5 Å². The Kier molecular flexibility index (Phi) is 3.44. The molecule has 0 amide bonds. The zero-order valence-electron chi connectivity index (χ0n) is 9.57. The zero-order valence-corrected chi connectivity index (χ0v) is 10.3. The van der Waals surface area contributed by atoms with E-state index in [4.69, 9.17) is 16.3 Å². The number of anilines is 1. The maximum absolute atomic E-state index is 5.98. The molecule has 1 aromatic heterocycles. The smallest absolute Gasteiger partial charge is 0.222 e. The second kappa shape index (κ2) is 5.01. The molecule has 1 heterocycles. The fourth-order valence-electron chi connectivity index (χ4n) is 1.51. The number of aromatic nitrogens is 2. The first kappa shape index (κ1) is 11.7. The molecule has 4 nitrogen and oxygen atoms in total. The highest BCUT2D eigenvalue weighted by atomic mass is 35.5. The molecule has 0 unspecified atom stereocenters. The fraction of sp³-hybridized carbons (Fsp3) is 0.167. The maximum Gasteiger partial charge on any atom is 0.222 e. The van der Waals surface area contributed by atoms with Gasteiger partial charge in [-0.2, -0.15) is 0 Å². The van der Waals surface area contributed by atoms with Crippen molar-refractivity contribution in [1.82, 2.24) is 9.97 Å². The van der Waals surface area contributed by atoms with E-state index >= 15 is 0 Å². The van der Waals surface area contributed by atoms with Crippen molar-refractivity contribution < 1.29 is 4.74 Å². The summed E-state index contributed by atoms with van der Waals surface area (Å²) < 4.78 is 5.29. The first-order valence-corrected chi connectivity index (χ1v) is 5.47. The Labute approximate surface area is 105 Å². The number of nitrogens with zero attached hydrogens (tertiary/aromatic N) is 2. The Hall–Kier alpha value is -1.81. The van der Waals surface area contributed by atoms with Gasteiger partial charge in [0, 0.05) is 23.8 Å². The summed E-state index contributed by atoms with van der Waals surface area (Å²) in [5.41, 5.74) is 1.61. The van der Waals surface area contributed by atoms with Gasteiger partial charge in [0.1, 0.15) is 5.75 Å². The standard InChI is InChI=1S/C12H12ClN3O/c1-14-12-15-6-5-10(16-12)9-7-8(13)3-4-11(9)17-2/h3-7H,1-2H3,(H,14,15,16). The number of ether oxygens (including phenoxy) is 1. The monoisotopic (exact) mass is 249 g/mol. The molecule has 0 fully saturated rings.